The number of carbonyl (C=O) groups excluding carboxylic acids is 2. The Kier molecular flexibility index (Phi) is 5.12. The number of anilines is 1. The van der Waals surface area contributed by atoms with Gasteiger partial charge in [0.2, 0.25) is 6.79 Å². The highest BCUT2D eigenvalue weighted by Crippen LogP contribution is 2.44. The average Bonchev–Trinajstić information content (AvgIpc) is 3.34. The Bertz CT molecular complexity index is 1210. The van der Waals surface area contributed by atoms with Gasteiger partial charge in [0.15, 0.2) is 22.9 Å². The van der Waals surface area contributed by atoms with Gasteiger partial charge in [-0.2, -0.15) is 0 Å². The van der Waals surface area contributed by atoms with E-state index in [1.54, 1.807) is 36.4 Å². The Morgan fingerprint density at radius 1 is 1.03 bits per heavy atom. The Labute approximate surface area is 189 Å². The Morgan fingerprint density at radius 2 is 1.81 bits per heavy atom. The van der Waals surface area contributed by atoms with Crippen molar-refractivity contribution in [2.24, 2.45) is 0 Å². The first kappa shape index (κ1) is 20.5. The molecule has 0 saturated heterocycles. The van der Waals surface area contributed by atoms with Gasteiger partial charge in [-0.3, -0.25) is 9.59 Å². The van der Waals surface area contributed by atoms with Crippen LogP contribution in [0.1, 0.15) is 27.9 Å². The van der Waals surface area contributed by atoms with E-state index in [9.17, 15) is 14.7 Å². The molecule has 0 radical (unpaired) electrons. The van der Waals surface area contributed by atoms with Gasteiger partial charge in [-0.15, -0.1) is 0 Å². The number of ketones is 1. The molecule has 2 heterocycles. The van der Waals surface area contributed by atoms with Gasteiger partial charge in [-0.25, -0.2) is 0 Å². The molecule has 1 atom stereocenters. The molecule has 162 valence electrons. The number of amides is 1. The lowest BCUT2D eigenvalue weighted by atomic mass is 9.88. The first-order valence-corrected chi connectivity index (χ1v) is 10.6. The highest BCUT2D eigenvalue weighted by atomic mass is 35.5. The lowest BCUT2D eigenvalue weighted by molar-refractivity contribution is -0.135. The summed E-state index contributed by atoms with van der Waals surface area (Å²) in [7, 11) is 0. The third-order valence-corrected chi connectivity index (χ3v) is 6.11. The lowest BCUT2D eigenvalue weighted by Gasteiger charge is -2.23. The van der Waals surface area contributed by atoms with E-state index in [1.165, 1.54) is 4.90 Å². The van der Waals surface area contributed by atoms with Crippen molar-refractivity contribution in [3.63, 3.8) is 0 Å². The summed E-state index contributed by atoms with van der Waals surface area (Å²) in [6.07, 6.45) is 0.210. The second-order valence-electron chi connectivity index (χ2n) is 7.88. The molecular formula is C25H20ClNO5. The van der Waals surface area contributed by atoms with E-state index in [4.69, 9.17) is 21.1 Å². The molecule has 1 N–H and O–H groups in total. The number of Topliss-reactive ketones (excluding diaryl/α,β-unsaturated/α-hetero) is 1. The van der Waals surface area contributed by atoms with Crippen molar-refractivity contribution in [1.82, 2.24) is 0 Å². The van der Waals surface area contributed by atoms with Crippen LogP contribution in [0.15, 0.2) is 66.7 Å². The van der Waals surface area contributed by atoms with Gasteiger partial charge in [-0.05, 0) is 48.4 Å². The molecule has 3 aromatic carbocycles. The molecule has 0 fully saturated rings. The molecule has 1 amide bonds. The second-order valence-corrected chi connectivity index (χ2v) is 8.32. The second kappa shape index (κ2) is 7.97. The van der Waals surface area contributed by atoms with Crippen LogP contribution in [-0.2, 0) is 16.8 Å². The van der Waals surface area contributed by atoms with E-state index in [0.29, 0.717) is 46.3 Å². The number of halogens is 1. The van der Waals surface area contributed by atoms with Crippen molar-refractivity contribution in [1.29, 1.82) is 0 Å². The van der Waals surface area contributed by atoms with E-state index in [1.807, 2.05) is 30.3 Å². The fourth-order valence-corrected chi connectivity index (χ4v) is 4.38. The molecule has 2 aliphatic rings. The van der Waals surface area contributed by atoms with E-state index < -0.39 is 17.9 Å². The van der Waals surface area contributed by atoms with Gasteiger partial charge >= 0.3 is 0 Å². The van der Waals surface area contributed by atoms with Crippen LogP contribution in [0, 0.1) is 0 Å². The SMILES string of the molecule is O=C(C[C@@]1(O)C(=O)N(CCc2ccccc2)c2ccc(Cl)cc21)c1ccc2c(c1)OCO2. The van der Waals surface area contributed by atoms with E-state index >= 15 is 0 Å². The number of nitrogens with zero attached hydrogens (tertiary/aromatic N) is 1. The zero-order valence-electron chi connectivity index (χ0n) is 17.1. The van der Waals surface area contributed by atoms with Crippen molar-refractivity contribution in [3.05, 3.63) is 88.4 Å². The zero-order chi connectivity index (χ0) is 22.3. The fraction of sp³-hybridized carbons (Fsp3) is 0.200. The first-order valence-electron chi connectivity index (χ1n) is 10.3. The van der Waals surface area contributed by atoms with Gasteiger partial charge in [0.25, 0.3) is 5.91 Å². The molecule has 0 aliphatic carbocycles. The van der Waals surface area contributed by atoms with Crippen LogP contribution < -0.4 is 14.4 Å². The molecule has 0 unspecified atom stereocenters. The van der Waals surface area contributed by atoms with Crippen LogP contribution >= 0.6 is 11.6 Å². The van der Waals surface area contributed by atoms with Crippen LogP contribution in [0.3, 0.4) is 0 Å². The highest BCUT2D eigenvalue weighted by Gasteiger charge is 2.51. The van der Waals surface area contributed by atoms with Crippen LogP contribution in [-0.4, -0.2) is 30.1 Å². The van der Waals surface area contributed by atoms with Crippen molar-refractivity contribution >= 4 is 29.0 Å². The van der Waals surface area contributed by atoms with Crippen LogP contribution in [0.5, 0.6) is 11.5 Å². The Morgan fingerprint density at radius 3 is 2.62 bits per heavy atom. The van der Waals surface area contributed by atoms with E-state index in [0.717, 1.165) is 5.56 Å². The van der Waals surface area contributed by atoms with Crippen LogP contribution in [0.4, 0.5) is 5.69 Å². The van der Waals surface area contributed by atoms with Crippen LogP contribution in [0.2, 0.25) is 5.02 Å². The molecule has 6 nitrogen and oxygen atoms in total. The summed E-state index contributed by atoms with van der Waals surface area (Å²) in [5.41, 5.74) is 0.322. The standard InChI is InChI=1S/C25H20ClNO5/c26-18-7-8-20-19(13-18)25(30,24(29)27(20)11-10-16-4-2-1-3-5-16)14-21(28)17-6-9-22-23(12-17)32-15-31-22/h1-9,12-13,30H,10-11,14-15H2/t25-/m0/s1. The summed E-state index contributed by atoms with van der Waals surface area (Å²) in [6, 6.07) is 19.5. The third-order valence-electron chi connectivity index (χ3n) is 5.87. The third kappa shape index (κ3) is 3.51. The smallest absolute Gasteiger partial charge is 0.264 e. The molecule has 3 aromatic rings. The fourth-order valence-electron chi connectivity index (χ4n) is 4.21. The molecule has 5 rings (SSSR count). The maximum Gasteiger partial charge on any atom is 0.264 e. The summed E-state index contributed by atoms with van der Waals surface area (Å²) >= 11 is 6.18. The molecule has 0 aromatic heterocycles. The maximum absolute atomic E-state index is 13.4. The van der Waals surface area contributed by atoms with Gasteiger partial charge < -0.3 is 19.5 Å². The van der Waals surface area contributed by atoms with E-state index in [-0.39, 0.29) is 12.6 Å². The topological polar surface area (TPSA) is 76.1 Å². The lowest BCUT2D eigenvalue weighted by Crippen LogP contribution is -2.42. The molecular weight excluding hydrogens is 430 g/mol. The summed E-state index contributed by atoms with van der Waals surface area (Å²) in [6.45, 7) is 0.468. The quantitative estimate of drug-likeness (QED) is 0.573. The van der Waals surface area contributed by atoms with Crippen molar-refractivity contribution in [3.8, 4) is 11.5 Å². The van der Waals surface area contributed by atoms with Crippen molar-refractivity contribution in [2.45, 2.75) is 18.4 Å². The van der Waals surface area contributed by atoms with Crippen molar-refractivity contribution in [2.75, 3.05) is 18.2 Å². The van der Waals surface area contributed by atoms with E-state index in [2.05, 4.69) is 0 Å². The van der Waals surface area contributed by atoms with Gasteiger partial charge in [0.05, 0.1) is 12.1 Å². The number of ether oxygens (including phenoxy) is 2. The predicted octanol–water partition coefficient (Wildman–Crippen LogP) is 4.12. The molecule has 0 bridgehead atoms. The minimum atomic E-state index is -2.00. The Hall–Kier alpha value is -3.35. The molecule has 0 saturated carbocycles. The normalized spacial score (nSPS) is 18.7. The molecule has 2 aliphatic heterocycles. The number of fused-ring (bicyclic) bond motifs is 2. The summed E-state index contributed by atoms with van der Waals surface area (Å²) in [4.78, 5) is 28.0. The zero-order valence-corrected chi connectivity index (χ0v) is 17.8. The average molecular weight is 450 g/mol. The number of benzene rings is 3. The maximum atomic E-state index is 13.4. The predicted molar refractivity (Wildman–Crippen MR) is 119 cm³/mol. The molecule has 32 heavy (non-hydrogen) atoms. The Balaban J connectivity index is 1.44. The number of hydrogen-bond donors (Lipinski definition) is 1. The van der Waals surface area contributed by atoms with Crippen molar-refractivity contribution < 1.29 is 24.2 Å². The monoisotopic (exact) mass is 449 g/mol. The highest BCUT2D eigenvalue weighted by molar-refractivity contribution is 6.31. The summed E-state index contributed by atoms with van der Waals surface area (Å²) < 4.78 is 10.6. The molecule has 7 heteroatoms. The largest absolute Gasteiger partial charge is 0.454 e. The van der Waals surface area contributed by atoms with Crippen LogP contribution in [0.25, 0.3) is 0 Å². The minimum Gasteiger partial charge on any atom is -0.454 e. The van der Waals surface area contributed by atoms with Gasteiger partial charge in [0.1, 0.15) is 0 Å². The minimum absolute atomic E-state index is 0.0949. The van der Waals surface area contributed by atoms with Gasteiger partial charge in [-0.1, -0.05) is 41.9 Å². The number of rotatable bonds is 6. The summed E-state index contributed by atoms with van der Waals surface area (Å²) in [5.74, 6) is 0.115. The molecule has 0 spiro atoms. The number of aliphatic hydroxyl groups is 1. The summed E-state index contributed by atoms with van der Waals surface area (Å²) in [5, 5.41) is 11.9. The number of carbonyl (C=O) groups is 2. The number of hydrogen-bond acceptors (Lipinski definition) is 5. The first-order chi connectivity index (χ1) is 15.5. The van der Waals surface area contributed by atoms with Gasteiger partial charge in [0, 0.05) is 22.7 Å².